The van der Waals surface area contributed by atoms with E-state index in [0.717, 1.165) is 12.8 Å². The maximum Gasteiger partial charge on any atom is 0.326 e. The van der Waals surface area contributed by atoms with Gasteiger partial charge in [0.2, 0.25) is 0 Å². The van der Waals surface area contributed by atoms with Gasteiger partial charge < -0.3 is 30.0 Å². The molecule has 0 bridgehead atoms. The number of hydrogen-bond donors (Lipinski definition) is 3. The monoisotopic (exact) mass is 522 g/mol. The van der Waals surface area contributed by atoms with E-state index in [-0.39, 0.29) is 25.9 Å². The average Bonchev–Trinajstić information content (AvgIpc) is 3.49. The lowest BCUT2D eigenvalue weighted by atomic mass is 10.0. The standard InChI is InChI=1S/C24H24Cl2N2O7/c25-17-2-1-3-18(26)16(17)11-33-15-8-4-13(5-9-15)10-19(24(31)32)28-23(30)21-20(34-12-35-21)22(29)27-14-6-7-14/h1-5,8-9,14,19-21H,6-7,10-12H2,(H,27,29)(H,28,30)(H,31,32)/t19-,20+,21+/m0/s1. The van der Waals surface area contributed by atoms with Crippen LogP contribution in [0, 0.1) is 0 Å². The molecule has 9 nitrogen and oxygen atoms in total. The molecule has 1 saturated heterocycles. The van der Waals surface area contributed by atoms with E-state index < -0.39 is 36.0 Å². The minimum atomic E-state index is -1.23. The molecule has 3 atom stereocenters. The van der Waals surface area contributed by atoms with E-state index in [0.29, 0.717) is 26.9 Å². The Morgan fingerprint density at radius 1 is 1.00 bits per heavy atom. The van der Waals surface area contributed by atoms with Crippen LogP contribution < -0.4 is 15.4 Å². The minimum Gasteiger partial charge on any atom is -0.489 e. The van der Waals surface area contributed by atoms with Crippen molar-refractivity contribution in [2.75, 3.05) is 6.79 Å². The maximum absolute atomic E-state index is 12.7. The number of carbonyl (C=O) groups excluding carboxylic acids is 2. The van der Waals surface area contributed by atoms with Gasteiger partial charge in [0.25, 0.3) is 11.8 Å². The van der Waals surface area contributed by atoms with Crippen molar-refractivity contribution in [3.63, 3.8) is 0 Å². The van der Waals surface area contributed by atoms with Crippen LogP contribution in [0.3, 0.4) is 0 Å². The van der Waals surface area contributed by atoms with Gasteiger partial charge in [-0.3, -0.25) is 9.59 Å². The van der Waals surface area contributed by atoms with Crippen LogP contribution in [0.25, 0.3) is 0 Å². The third kappa shape index (κ3) is 6.64. The Labute approximate surface area is 211 Å². The summed E-state index contributed by atoms with van der Waals surface area (Å²) in [7, 11) is 0. The van der Waals surface area contributed by atoms with E-state index in [1.165, 1.54) is 0 Å². The molecule has 4 rings (SSSR count). The quantitative estimate of drug-likeness (QED) is 0.438. The van der Waals surface area contributed by atoms with Gasteiger partial charge in [0, 0.05) is 28.1 Å². The van der Waals surface area contributed by atoms with Crippen molar-refractivity contribution in [1.29, 1.82) is 0 Å². The van der Waals surface area contributed by atoms with Gasteiger partial charge in [-0.05, 0) is 42.7 Å². The lowest BCUT2D eigenvalue weighted by molar-refractivity contribution is -0.144. The highest BCUT2D eigenvalue weighted by Crippen LogP contribution is 2.26. The van der Waals surface area contributed by atoms with Crippen molar-refractivity contribution in [2.24, 2.45) is 0 Å². The molecule has 2 amide bonds. The number of rotatable bonds is 10. The van der Waals surface area contributed by atoms with E-state index in [4.69, 9.17) is 37.4 Å². The molecular formula is C24H24Cl2N2O7. The van der Waals surface area contributed by atoms with Gasteiger partial charge in [-0.15, -0.1) is 0 Å². The first kappa shape index (κ1) is 25.2. The molecule has 3 N–H and O–H groups in total. The number of carbonyl (C=O) groups is 3. The number of ether oxygens (including phenoxy) is 3. The number of hydrogen-bond acceptors (Lipinski definition) is 6. The van der Waals surface area contributed by atoms with Crippen LogP contribution in [0.5, 0.6) is 5.75 Å². The summed E-state index contributed by atoms with van der Waals surface area (Å²) in [5.74, 6) is -1.83. The molecule has 0 unspecified atom stereocenters. The SMILES string of the molecule is O=C(O)[C@H](Cc1ccc(OCc2c(Cl)cccc2Cl)cc1)NC(=O)[C@@H]1OCO[C@H]1C(=O)NC1CC1. The summed E-state index contributed by atoms with van der Waals surface area (Å²) in [6.07, 6.45) is -0.551. The first-order valence-electron chi connectivity index (χ1n) is 11.0. The molecule has 186 valence electrons. The first-order valence-corrected chi connectivity index (χ1v) is 11.8. The van der Waals surface area contributed by atoms with Gasteiger partial charge in [-0.2, -0.15) is 0 Å². The topological polar surface area (TPSA) is 123 Å². The Kier molecular flexibility index (Phi) is 8.12. The molecule has 1 aliphatic carbocycles. The van der Waals surface area contributed by atoms with Crippen molar-refractivity contribution in [2.45, 2.75) is 50.2 Å². The second kappa shape index (κ2) is 11.3. The third-order valence-electron chi connectivity index (χ3n) is 5.63. The molecule has 2 aromatic carbocycles. The maximum atomic E-state index is 12.7. The molecule has 2 fully saturated rings. The zero-order valence-corrected chi connectivity index (χ0v) is 20.1. The Bertz CT molecular complexity index is 1070. The molecule has 1 aliphatic heterocycles. The van der Waals surface area contributed by atoms with Crippen molar-refractivity contribution in [1.82, 2.24) is 10.6 Å². The number of carboxylic acid groups (broad SMARTS) is 1. The molecule has 35 heavy (non-hydrogen) atoms. The molecule has 11 heteroatoms. The highest BCUT2D eigenvalue weighted by Gasteiger charge is 2.42. The molecule has 1 saturated carbocycles. The number of nitrogens with one attached hydrogen (secondary N) is 2. The fourth-order valence-electron chi connectivity index (χ4n) is 3.54. The van der Waals surface area contributed by atoms with Crippen LogP contribution in [-0.4, -0.2) is 54.0 Å². The number of amides is 2. The largest absolute Gasteiger partial charge is 0.489 e. The van der Waals surface area contributed by atoms with Crippen molar-refractivity contribution >= 4 is 41.0 Å². The van der Waals surface area contributed by atoms with E-state index in [9.17, 15) is 19.5 Å². The minimum absolute atomic E-state index is 0.0181. The Balaban J connectivity index is 1.33. The number of benzene rings is 2. The Morgan fingerprint density at radius 3 is 2.23 bits per heavy atom. The average molecular weight is 523 g/mol. The van der Waals surface area contributed by atoms with E-state index in [2.05, 4.69) is 10.6 Å². The molecule has 0 aromatic heterocycles. The van der Waals surface area contributed by atoms with Gasteiger partial charge in [0.15, 0.2) is 12.2 Å². The first-order chi connectivity index (χ1) is 16.8. The molecule has 2 aliphatic rings. The molecule has 1 heterocycles. The summed E-state index contributed by atoms with van der Waals surface area (Å²) >= 11 is 12.3. The summed E-state index contributed by atoms with van der Waals surface area (Å²) in [6, 6.07) is 10.8. The second-order valence-corrected chi connectivity index (χ2v) is 9.13. The molecule has 0 spiro atoms. The Morgan fingerprint density at radius 2 is 1.63 bits per heavy atom. The van der Waals surface area contributed by atoms with Crippen LogP contribution in [-0.2, 0) is 36.9 Å². The van der Waals surface area contributed by atoms with Gasteiger partial charge in [0.05, 0.1) is 0 Å². The molecule has 2 aromatic rings. The summed E-state index contributed by atoms with van der Waals surface area (Å²) in [5, 5.41) is 15.8. The number of halogens is 2. The Hall–Kier alpha value is -2.85. The van der Waals surface area contributed by atoms with Gasteiger partial charge in [-0.1, -0.05) is 41.4 Å². The predicted molar refractivity (Wildman–Crippen MR) is 126 cm³/mol. The smallest absolute Gasteiger partial charge is 0.326 e. The van der Waals surface area contributed by atoms with E-state index in [1.807, 2.05) is 0 Å². The van der Waals surface area contributed by atoms with E-state index >= 15 is 0 Å². The van der Waals surface area contributed by atoms with Crippen LogP contribution in [0.15, 0.2) is 42.5 Å². The highest BCUT2D eigenvalue weighted by molar-refractivity contribution is 6.35. The van der Waals surface area contributed by atoms with Crippen molar-refractivity contribution in [3.05, 3.63) is 63.6 Å². The zero-order chi connectivity index (χ0) is 24.9. The molecular weight excluding hydrogens is 499 g/mol. The second-order valence-electron chi connectivity index (χ2n) is 8.31. The van der Waals surface area contributed by atoms with Crippen LogP contribution >= 0.6 is 23.2 Å². The van der Waals surface area contributed by atoms with Crippen molar-refractivity contribution in [3.8, 4) is 5.75 Å². The highest BCUT2D eigenvalue weighted by atomic mass is 35.5. The lowest BCUT2D eigenvalue weighted by Gasteiger charge is -2.20. The van der Waals surface area contributed by atoms with Crippen LogP contribution in [0.1, 0.15) is 24.0 Å². The lowest BCUT2D eigenvalue weighted by Crippen LogP contribution is -2.52. The molecule has 0 radical (unpaired) electrons. The van der Waals surface area contributed by atoms with E-state index in [1.54, 1.807) is 42.5 Å². The predicted octanol–water partition coefficient (Wildman–Crippen LogP) is 2.70. The number of carboxylic acids is 1. The summed E-state index contributed by atoms with van der Waals surface area (Å²) in [5.41, 5.74) is 1.32. The normalized spacial score (nSPS) is 20.2. The number of aliphatic carboxylic acids is 1. The van der Waals surface area contributed by atoms with Crippen molar-refractivity contribution < 1.29 is 33.7 Å². The fraction of sp³-hybridized carbons (Fsp3) is 0.375. The summed E-state index contributed by atoms with van der Waals surface area (Å²) < 4.78 is 16.2. The van der Waals surface area contributed by atoms with Gasteiger partial charge in [-0.25, -0.2) is 4.79 Å². The summed E-state index contributed by atoms with van der Waals surface area (Å²) in [4.78, 5) is 36.8. The van der Waals surface area contributed by atoms with Crippen LogP contribution in [0.2, 0.25) is 10.0 Å². The third-order valence-corrected chi connectivity index (χ3v) is 6.34. The van der Waals surface area contributed by atoms with Crippen LogP contribution in [0.4, 0.5) is 0 Å². The zero-order valence-electron chi connectivity index (χ0n) is 18.5. The fourth-order valence-corrected chi connectivity index (χ4v) is 4.04. The van der Waals surface area contributed by atoms with Gasteiger partial charge >= 0.3 is 5.97 Å². The summed E-state index contributed by atoms with van der Waals surface area (Å²) in [6.45, 7) is -0.0515. The van der Waals surface area contributed by atoms with Gasteiger partial charge in [0.1, 0.15) is 25.2 Å².